The Morgan fingerprint density at radius 2 is 1.65 bits per heavy atom. The lowest BCUT2D eigenvalue weighted by atomic mass is 10.0. The number of hydrogen-bond acceptors (Lipinski definition) is 1. The fourth-order valence-electron chi connectivity index (χ4n) is 2.51. The van der Waals surface area contributed by atoms with Gasteiger partial charge in [0.05, 0.1) is 0 Å². The normalized spacial score (nSPS) is 10.9. The van der Waals surface area contributed by atoms with Crippen LogP contribution in [0.5, 0.6) is 0 Å². The van der Waals surface area contributed by atoms with E-state index in [0.29, 0.717) is 5.56 Å². The molecule has 0 amide bonds. The first kappa shape index (κ1) is 15.1. The molecule has 0 heterocycles. The minimum absolute atomic E-state index is 0.396. The number of carbonyl (C=O) groups is 1. The molecule has 20 heavy (non-hydrogen) atoms. The number of aryl methyl sites for hydroxylation is 1. The van der Waals surface area contributed by atoms with Crippen molar-refractivity contribution in [2.24, 2.45) is 0 Å². The van der Waals surface area contributed by atoms with E-state index in [9.17, 15) is 4.79 Å². The van der Waals surface area contributed by atoms with E-state index in [1.54, 1.807) is 6.07 Å². The summed E-state index contributed by atoms with van der Waals surface area (Å²) < 4.78 is 0. The third-order valence-corrected chi connectivity index (χ3v) is 3.92. The zero-order valence-corrected chi connectivity index (χ0v) is 12.7. The molecule has 2 rings (SSSR count). The summed E-state index contributed by atoms with van der Waals surface area (Å²) in [6.45, 7) is 2.24. The van der Waals surface area contributed by atoms with Crippen LogP contribution in [0, 0.1) is 0 Å². The monoisotopic (exact) mass is 288 g/mol. The van der Waals surface area contributed by atoms with E-state index in [-0.39, 0.29) is 0 Å². The predicted molar refractivity (Wildman–Crippen MR) is 86.6 cm³/mol. The fourth-order valence-corrected chi connectivity index (χ4v) is 2.62. The molecule has 1 nitrogen and oxygen atoms in total. The van der Waals surface area contributed by atoms with Crippen molar-refractivity contribution < 1.29 is 4.79 Å². The van der Waals surface area contributed by atoms with Crippen molar-refractivity contribution in [2.45, 2.75) is 45.4 Å². The van der Waals surface area contributed by atoms with Crippen LogP contribution < -0.4 is 0 Å². The van der Waals surface area contributed by atoms with Crippen LogP contribution in [0.4, 0.5) is 0 Å². The molecule has 0 aliphatic rings. The Morgan fingerprint density at radius 1 is 0.950 bits per heavy atom. The Hall–Kier alpha value is -1.34. The Morgan fingerprint density at radius 3 is 2.40 bits per heavy atom. The van der Waals surface area contributed by atoms with Gasteiger partial charge in [0.15, 0.2) is 0 Å². The number of hydrogen-bond donors (Lipinski definition) is 0. The van der Waals surface area contributed by atoms with Crippen molar-refractivity contribution >= 4 is 27.6 Å². The molecule has 0 fully saturated rings. The van der Waals surface area contributed by atoms with Crippen molar-refractivity contribution in [3.05, 3.63) is 47.5 Å². The molecule has 0 spiro atoms. The maximum absolute atomic E-state index is 11.1. The van der Waals surface area contributed by atoms with Crippen LogP contribution in [-0.2, 0) is 6.42 Å². The maximum Gasteiger partial charge on any atom is 0.252 e. The molecule has 0 atom stereocenters. The average molecular weight is 289 g/mol. The summed E-state index contributed by atoms with van der Waals surface area (Å²) in [4.78, 5) is 11.1. The molecular weight excluding hydrogens is 268 g/mol. The molecule has 0 aliphatic heterocycles. The predicted octanol–water partition coefficient (Wildman–Crippen LogP) is 5.73. The van der Waals surface area contributed by atoms with Gasteiger partial charge >= 0.3 is 0 Å². The molecule has 0 aliphatic carbocycles. The van der Waals surface area contributed by atoms with Crippen molar-refractivity contribution in [3.63, 3.8) is 0 Å². The molecular formula is C18H21ClO. The highest BCUT2D eigenvalue weighted by atomic mass is 35.5. The van der Waals surface area contributed by atoms with E-state index < -0.39 is 5.24 Å². The van der Waals surface area contributed by atoms with Gasteiger partial charge in [-0.25, -0.2) is 0 Å². The van der Waals surface area contributed by atoms with Crippen LogP contribution in [-0.4, -0.2) is 5.24 Å². The molecule has 0 N–H and O–H groups in total. The lowest BCUT2D eigenvalue weighted by Gasteiger charge is -2.05. The number of rotatable bonds is 7. The molecule has 0 aromatic heterocycles. The molecule has 0 unspecified atom stereocenters. The Balaban J connectivity index is 2.02. The smallest absolute Gasteiger partial charge is 0.252 e. The number of unbranched alkanes of at least 4 members (excludes halogenated alkanes) is 4. The highest BCUT2D eigenvalue weighted by Gasteiger charge is 2.03. The first-order valence-corrected chi connectivity index (χ1v) is 7.81. The van der Waals surface area contributed by atoms with E-state index in [1.165, 1.54) is 43.1 Å². The molecule has 0 radical (unpaired) electrons. The molecule has 2 heteroatoms. The van der Waals surface area contributed by atoms with Crippen molar-refractivity contribution in [3.8, 4) is 0 Å². The highest BCUT2D eigenvalue weighted by molar-refractivity contribution is 6.67. The number of halogens is 1. The molecule has 2 aromatic rings. The van der Waals surface area contributed by atoms with Crippen molar-refractivity contribution in [2.75, 3.05) is 0 Å². The van der Waals surface area contributed by atoms with E-state index in [0.717, 1.165) is 11.8 Å². The minimum atomic E-state index is -0.396. The maximum atomic E-state index is 11.1. The van der Waals surface area contributed by atoms with Crippen LogP contribution >= 0.6 is 11.6 Å². The second-order valence-corrected chi connectivity index (χ2v) is 5.68. The minimum Gasteiger partial charge on any atom is -0.276 e. The van der Waals surface area contributed by atoms with E-state index in [4.69, 9.17) is 11.6 Å². The average Bonchev–Trinajstić information content (AvgIpc) is 2.46. The van der Waals surface area contributed by atoms with Crippen molar-refractivity contribution in [1.82, 2.24) is 0 Å². The van der Waals surface area contributed by atoms with Crippen LogP contribution in [0.15, 0.2) is 36.4 Å². The first-order chi connectivity index (χ1) is 9.70. The van der Waals surface area contributed by atoms with Crippen LogP contribution in [0.2, 0.25) is 0 Å². The number of carbonyl (C=O) groups excluding carboxylic acids is 1. The Labute approximate surface area is 125 Å². The summed E-state index contributed by atoms with van der Waals surface area (Å²) in [5, 5.41) is 1.86. The van der Waals surface area contributed by atoms with Gasteiger partial charge in [-0.2, -0.15) is 0 Å². The van der Waals surface area contributed by atoms with Gasteiger partial charge in [-0.1, -0.05) is 56.9 Å². The third kappa shape index (κ3) is 4.08. The summed E-state index contributed by atoms with van der Waals surface area (Å²) in [6, 6.07) is 12.1. The Kier molecular flexibility index (Phi) is 5.60. The second-order valence-electron chi connectivity index (χ2n) is 5.33. The summed E-state index contributed by atoms with van der Waals surface area (Å²) in [7, 11) is 0. The standard InChI is InChI=1S/C18H21ClO/c1-2-3-4-5-6-7-14-8-9-16-13-17(18(19)20)11-10-15(16)12-14/h8-13H,2-7H2,1H3. The number of benzene rings is 2. The SMILES string of the molecule is CCCCCCCc1ccc2cc(C(=O)Cl)ccc2c1. The zero-order valence-electron chi connectivity index (χ0n) is 12.0. The zero-order chi connectivity index (χ0) is 14.4. The quantitative estimate of drug-likeness (QED) is 0.469. The third-order valence-electron chi connectivity index (χ3n) is 3.70. The summed E-state index contributed by atoms with van der Waals surface area (Å²) in [5.74, 6) is 0. The van der Waals surface area contributed by atoms with Gasteiger partial charge in [0.25, 0.3) is 5.24 Å². The van der Waals surface area contributed by atoms with E-state index in [2.05, 4.69) is 25.1 Å². The van der Waals surface area contributed by atoms with Gasteiger partial charge in [0, 0.05) is 5.56 Å². The summed E-state index contributed by atoms with van der Waals surface area (Å²) in [5.41, 5.74) is 1.94. The van der Waals surface area contributed by atoms with Crippen molar-refractivity contribution in [1.29, 1.82) is 0 Å². The highest BCUT2D eigenvalue weighted by Crippen LogP contribution is 2.20. The Bertz CT molecular complexity index is 589. The lowest BCUT2D eigenvalue weighted by Crippen LogP contribution is -1.90. The summed E-state index contributed by atoms with van der Waals surface area (Å²) in [6.07, 6.45) is 7.67. The van der Waals surface area contributed by atoms with Gasteiger partial charge in [-0.15, -0.1) is 0 Å². The second kappa shape index (κ2) is 7.44. The molecule has 106 valence electrons. The first-order valence-electron chi connectivity index (χ1n) is 7.43. The van der Waals surface area contributed by atoms with E-state index >= 15 is 0 Å². The molecule has 0 saturated carbocycles. The molecule has 0 saturated heterocycles. The van der Waals surface area contributed by atoms with Gasteiger partial charge in [-0.05, 0) is 52.9 Å². The lowest BCUT2D eigenvalue weighted by molar-refractivity contribution is 0.108. The molecule has 2 aromatic carbocycles. The van der Waals surface area contributed by atoms with Crippen LogP contribution in [0.3, 0.4) is 0 Å². The summed E-state index contributed by atoms with van der Waals surface area (Å²) >= 11 is 5.51. The fraction of sp³-hybridized carbons (Fsp3) is 0.389. The van der Waals surface area contributed by atoms with Gasteiger partial charge in [0.2, 0.25) is 0 Å². The van der Waals surface area contributed by atoms with Gasteiger partial charge in [0.1, 0.15) is 0 Å². The number of fused-ring (bicyclic) bond motifs is 1. The topological polar surface area (TPSA) is 17.1 Å². The largest absolute Gasteiger partial charge is 0.276 e. The van der Waals surface area contributed by atoms with Gasteiger partial charge < -0.3 is 0 Å². The van der Waals surface area contributed by atoms with E-state index in [1.807, 2.05) is 12.1 Å². The molecule has 0 bridgehead atoms. The van der Waals surface area contributed by atoms with Crippen LogP contribution in [0.1, 0.15) is 54.9 Å². The van der Waals surface area contributed by atoms with Gasteiger partial charge in [-0.3, -0.25) is 4.79 Å². The van der Waals surface area contributed by atoms with Crippen LogP contribution in [0.25, 0.3) is 10.8 Å².